The first kappa shape index (κ1) is 7.24. The van der Waals surface area contributed by atoms with Crippen molar-refractivity contribution in [2.45, 2.75) is 0 Å². The van der Waals surface area contributed by atoms with E-state index in [1.54, 1.807) is 0 Å². The van der Waals surface area contributed by atoms with E-state index in [4.69, 9.17) is 11.6 Å². The van der Waals surface area contributed by atoms with Gasteiger partial charge in [0.05, 0.1) is 0 Å². The van der Waals surface area contributed by atoms with Crippen LogP contribution in [0.5, 0.6) is 0 Å². The van der Waals surface area contributed by atoms with Crippen molar-refractivity contribution in [2.75, 3.05) is 0 Å². The average molecular weight is 182 g/mol. The average Bonchev–Trinajstić information content (AvgIpc) is 2.04. The minimum absolute atomic E-state index is 0.172. The summed E-state index contributed by atoms with van der Waals surface area (Å²) in [4.78, 5) is 21.6. The second-order valence-electron chi connectivity index (χ2n) is 2.23. The Labute approximate surface area is 72.2 Å². The Morgan fingerprint density at radius 3 is 3.00 bits per heavy atom. The van der Waals surface area contributed by atoms with E-state index in [0.717, 1.165) is 0 Å². The molecule has 12 heavy (non-hydrogen) atoms. The van der Waals surface area contributed by atoms with Gasteiger partial charge in [-0.3, -0.25) is 4.79 Å². The summed E-state index contributed by atoms with van der Waals surface area (Å²) in [7, 11) is 0. The van der Waals surface area contributed by atoms with Crippen molar-refractivity contribution in [3.63, 3.8) is 0 Å². The lowest BCUT2D eigenvalue weighted by Gasteiger charge is -1.95. The third-order valence-electron chi connectivity index (χ3n) is 1.50. The minimum Gasteiger partial charge on any atom is -0.346 e. The van der Waals surface area contributed by atoms with Crippen LogP contribution in [-0.2, 0) is 0 Å². The van der Waals surface area contributed by atoms with Crippen molar-refractivity contribution < 1.29 is 0 Å². The Kier molecular flexibility index (Phi) is 1.55. The summed E-state index contributed by atoms with van der Waals surface area (Å²) < 4.78 is 0. The molecule has 2 aromatic rings. The molecule has 60 valence electrons. The highest BCUT2D eigenvalue weighted by atomic mass is 35.5. The molecule has 0 aromatic carbocycles. The normalized spacial score (nSPS) is 10.4. The van der Waals surface area contributed by atoms with Crippen LogP contribution in [-0.4, -0.2) is 15.0 Å². The first-order chi connectivity index (χ1) is 5.79. The van der Waals surface area contributed by atoms with E-state index in [9.17, 15) is 4.79 Å². The number of fused-ring (bicyclic) bond motifs is 1. The molecule has 0 unspecified atom stereocenters. The summed E-state index contributed by atoms with van der Waals surface area (Å²) in [6, 6.07) is 1.39. The van der Waals surface area contributed by atoms with Crippen molar-refractivity contribution in [3.8, 4) is 0 Å². The van der Waals surface area contributed by atoms with Crippen LogP contribution in [0.3, 0.4) is 0 Å². The van der Waals surface area contributed by atoms with Crippen LogP contribution in [0, 0.1) is 0 Å². The maximum atomic E-state index is 11.2. The summed E-state index contributed by atoms with van der Waals surface area (Å²) in [5.41, 5.74) is 0.289. The second kappa shape index (κ2) is 2.57. The standard InChI is InChI=1S/C7H4ClN3O/c8-6-5-4(12)1-2-9-7(5)11-3-10-6/h1-3H,(H,9,10,11,12). The van der Waals surface area contributed by atoms with Crippen LogP contribution in [0.2, 0.25) is 5.15 Å². The summed E-state index contributed by atoms with van der Waals surface area (Å²) in [5.74, 6) is 0. The van der Waals surface area contributed by atoms with Crippen molar-refractivity contribution in [3.05, 3.63) is 34.0 Å². The highest BCUT2D eigenvalue weighted by Crippen LogP contribution is 2.11. The van der Waals surface area contributed by atoms with Crippen LogP contribution in [0.1, 0.15) is 0 Å². The summed E-state index contributed by atoms with van der Waals surface area (Å²) in [6.07, 6.45) is 2.83. The van der Waals surface area contributed by atoms with Crippen LogP contribution >= 0.6 is 11.6 Å². The zero-order chi connectivity index (χ0) is 8.55. The number of pyridine rings is 1. The van der Waals surface area contributed by atoms with Crippen LogP contribution in [0.25, 0.3) is 11.0 Å². The van der Waals surface area contributed by atoms with Gasteiger partial charge in [-0.15, -0.1) is 0 Å². The van der Waals surface area contributed by atoms with Crippen molar-refractivity contribution in [2.24, 2.45) is 0 Å². The lowest BCUT2D eigenvalue weighted by Crippen LogP contribution is -2.02. The second-order valence-corrected chi connectivity index (χ2v) is 2.59. The Morgan fingerprint density at radius 1 is 1.42 bits per heavy atom. The monoisotopic (exact) mass is 181 g/mol. The van der Waals surface area contributed by atoms with Gasteiger partial charge in [-0.1, -0.05) is 11.6 Å². The molecule has 0 aliphatic rings. The van der Waals surface area contributed by atoms with Crippen LogP contribution in [0.4, 0.5) is 0 Å². The maximum absolute atomic E-state index is 11.2. The number of aromatic amines is 1. The Balaban J connectivity index is 3.07. The highest BCUT2D eigenvalue weighted by molar-refractivity contribution is 6.33. The highest BCUT2D eigenvalue weighted by Gasteiger charge is 2.03. The van der Waals surface area contributed by atoms with E-state index in [-0.39, 0.29) is 10.6 Å². The SMILES string of the molecule is O=c1cc[nH]c2ncnc(Cl)c12. The molecule has 0 fully saturated rings. The Hall–Kier alpha value is -1.42. The summed E-state index contributed by atoms with van der Waals surface area (Å²) >= 11 is 5.69. The molecule has 0 aliphatic heterocycles. The zero-order valence-corrected chi connectivity index (χ0v) is 6.67. The minimum atomic E-state index is -0.172. The van der Waals surface area contributed by atoms with Gasteiger partial charge >= 0.3 is 0 Å². The van der Waals surface area contributed by atoms with E-state index in [0.29, 0.717) is 11.0 Å². The van der Waals surface area contributed by atoms with Gasteiger partial charge in [-0.25, -0.2) is 9.97 Å². The Bertz CT molecular complexity index is 474. The van der Waals surface area contributed by atoms with Gasteiger partial charge < -0.3 is 4.98 Å². The molecule has 1 N–H and O–H groups in total. The third kappa shape index (κ3) is 0.967. The maximum Gasteiger partial charge on any atom is 0.194 e. The van der Waals surface area contributed by atoms with E-state index < -0.39 is 0 Å². The molecule has 0 spiro atoms. The van der Waals surface area contributed by atoms with Crippen molar-refractivity contribution in [1.29, 1.82) is 0 Å². The number of nitrogens with one attached hydrogen (secondary N) is 1. The predicted molar refractivity (Wildman–Crippen MR) is 45.2 cm³/mol. The summed E-state index contributed by atoms with van der Waals surface area (Å²) in [5, 5.41) is 0.517. The van der Waals surface area contributed by atoms with Crippen molar-refractivity contribution in [1.82, 2.24) is 15.0 Å². The molecular weight excluding hydrogens is 178 g/mol. The topological polar surface area (TPSA) is 58.6 Å². The van der Waals surface area contributed by atoms with E-state index in [1.807, 2.05) is 0 Å². The van der Waals surface area contributed by atoms with E-state index in [1.165, 1.54) is 18.6 Å². The van der Waals surface area contributed by atoms with Crippen LogP contribution < -0.4 is 5.43 Å². The third-order valence-corrected chi connectivity index (χ3v) is 1.79. The first-order valence-corrected chi connectivity index (χ1v) is 3.65. The number of rotatable bonds is 0. The van der Waals surface area contributed by atoms with E-state index in [2.05, 4.69) is 15.0 Å². The molecular formula is C7H4ClN3O. The molecule has 0 atom stereocenters. The number of nitrogens with zero attached hydrogens (tertiary/aromatic N) is 2. The zero-order valence-electron chi connectivity index (χ0n) is 5.91. The van der Waals surface area contributed by atoms with Gasteiger partial charge in [0, 0.05) is 12.3 Å². The van der Waals surface area contributed by atoms with Gasteiger partial charge in [0.15, 0.2) is 5.43 Å². The van der Waals surface area contributed by atoms with Gasteiger partial charge in [0.25, 0.3) is 0 Å². The molecule has 0 saturated heterocycles. The lowest BCUT2D eigenvalue weighted by atomic mass is 10.3. The first-order valence-electron chi connectivity index (χ1n) is 3.27. The molecule has 4 nitrogen and oxygen atoms in total. The molecule has 0 amide bonds. The number of H-pyrrole nitrogens is 1. The number of hydrogen-bond acceptors (Lipinski definition) is 3. The largest absolute Gasteiger partial charge is 0.346 e. The molecule has 0 bridgehead atoms. The summed E-state index contributed by atoms with van der Waals surface area (Å²) in [6.45, 7) is 0. The molecule has 2 aromatic heterocycles. The number of aromatic nitrogens is 3. The van der Waals surface area contributed by atoms with Crippen LogP contribution in [0.15, 0.2) is 23.4 Å². The van der Waals surface area contributed by atoms with E-state index >= 15 is 0 Å². The fraction of sp³-hybridized carbons (Fsp3) is 0. The molecule has 0 saturated carbocycles. The number of hydrogen-bond donors (Lipinski definition) is 1. The predicted octanol–water partition coefficient (Wildman–Crippen LogP) is 0.972. The molecule has 5 heteroatoms. The number of halogens is 1. The molecule has 2 rings (SSSR count). The Morgan fingerprint density at radius 2 is 2.25 bits per heavy atom. The molecule has 0 radical (unpaired) electrons. The fourth-order valence-corrected chi connectivity index (χ4v) is 1.20. The lowest BCUT2D eigenvalue weighted by molar-refractivity contribution is 1.17. The van der Waals surface area contributed by atoms with Gasteiger partial charge in [0.2, 0.25) is 0 Å². The van der Waals surface area contributed by atoms with Gasteiger partial charge in [-0.2, -0.15) is 0 Å². The fourth-order valence-electron chi connectivity index (χ4n) is 0.972. The van der Waals surface area contributed by atoms with Gasteiger partial charge in [-0.05, 0) is 0 Å². The smallest absolute Gasteiger partial charge is 0.194 e. The molecule has 2 heterocycles. The molecule has 0 aliphatic carbocycles. The quantitative estimate of drug-likeness (QED) is 0.617. The van der Waals surface area contributed by atoms with Crippen molar-refractivity contribution >= 4 is 22.6 Å². The van der Waals surface area contributed by atoms with Gasteiger partial charge in [0.1, 0.15) is 22.5 Å².